The average molecular weight is 365 g/mol. The average Bonchev–Trinajstić information content (AvgIpc) is 3.01. The van der Waals surface area contributed by atoms with Crippen molar-refractivity contribution in [2.24, 2.45) is 0 Å². The SMILES string of the molecule is CCCCCCCCCCCCCCOc1ccc(C(=O)O)s1.[H-].[Na+]. The molecular formula is C19H33NaO3S. The van der Waals surface area contributed by atoms with E-state index < -0.39 is 5.97 Å². The number of ether oxygens (including phenoxy) is 1. The van der Waals surface area contributed by atoms with Gasteiger partial charge in [0, 0.05) is 0 Å². The van der Waals surface area contributed by atoms with Gasteiger partial charge in [-0.25, -0.2) is 4.79 Å². The quantitative estimate of drug-likeness (QED) is 0.382. The number of carboxylic acids is 1. The smallest absolute Gasteiger partial charge is 1.00 e. The van der Waals surface area contributed by atoms with Gasteiger partial charge in [0.1, 0.15) is 4.88 Å². The third kappa shape index (κ3) is 12.3. The molecule has 0 aliphatic carbocycles. The van der Waals surface area contributed by atoms with Gasteiger partial charge in [0.2, 0.25) is 0 Å². The molecule has 0 bridgehead atoms. The molecule has 0 radical (unpaired) electrons. The third-order valence-corrected chi connectivity index (χ3v) is 5.02. The van der Waals surface area contributed by atoms with E-state index in [1.807, 2.05) is 0 Å². The van der Waals surface area contributed by atoms with Crippen molar-refractivity contribution in [1.82, 2.24) is 0 Å². The van der Waals surface area contributed by atoms with Gasteiger partial charge in [0.25, 0.3) is 0 Å². The summed E-state index contributed by atoms with van der Waals surface area (Å²) in [4.78, 5) is 11.1. The summed E-state index contributed by atoms with van der Waals surface area (Å²) in [5.74, 6) is -0.879. The molecule has 5 heteroatoms. The van der Waals surface area contributed by atoms with Crippen LogP contribution < -0.4 is 34.3 Å². The second-order valence-electron chi connectivity index (χ2n) is 6.16. The monoisotopic (exact) mass is 364 g/mol. The molecule has 0 saturated carbocycles. The van der Waals surface area contributed by atoms with Crippen LogP contribution >= 0.6 is 11.3 Å². The Labute approximate surface area is 175 Å². The first-order valence-electron chi connectivity index (χ1n) is 9.20. The summed E-state index contributed by atoms with van der Waals surface area (Å²) in [6, 6.07) is 3.35. The van der Waals surface area contributed by atoms with Gasteiger partial charge < -0.3 is 11.3 Å². The number of thiophene rings is 1. The fraction of sp³-hybridized carbons (Fsp3) is 0.737. The molecule has 0 aliphatic rings. The van der Waals surface area contributed by atoms with Crippen molar-refractivity contribution in [3.8, 4) is 5.06 Å². The molecule has 1 heterocycles. The molecule has 0 amide bonds. The second kappa shape index (κ2) is 16.4. The van der Waals surface area contributed by atoms with Crippen LogP contribution in [0.1, 0.15) is 95.1 Å². The molecule has 0 aromatic carbocycles. The zero-order chi connectivity index (χ0) is 16.8. The Morgan fingerprint density at radius 1 is 0.958 bits per heavy atom. The van der Waals surface area contributed by atoms with E-state index in [9.17, 15) is 4.79 Å². The zero-order valence-electron chi connectivity index (χ0n) is 16.5. The van der Waals surface area contributed by atoms with Crippen LogP contribution in [0.4, 0.5) is 0 Å². The Hall–Kier alpha value is -0.0300. The van der Waals surface area contributed by atoms with Gasteiger partial charge in [-0.2, -0.15) is 0 Å². The molecule has 0 fully saturated rings. The van der Waals surface area contributed by atoms with Crippen molar-refractivity contribution in [2.45, 2.75) is 84.0 Å². The van der Waals surface area contributed by atoms with Crippen LogP contribution in [0.2, 0.25) is 0 Å². The molecule has 1 rings (SSSR count). The number of aromatic carboxylic acids is 1. The van der Waals surface area contributed by atoms with Crippen LogP contribution in [0, 0.1) is 0 Å². The predicted octanol–water partition coefficient (Wildman–Crippen LogP) is 3.64. The molecule has 1 aromatic heterocycles. The molecule has 0 aliphatic heterocycles. The maximum Gasteiger partial charge on any atom is 1.00 e. The molecule has 1 N–H and O–H groups in total. The van der Waals surface area contributed by atoms with E-state index in [2.05, 4.69) is 6.92 Å². The second-order valence-corrected chi connectivity index (χ2v) is 7.21. The molecule has 1 aromatic rings. The van der Waals surface area contributed by atoms with Gasteiger partial charge in [0.15, 0.2) is 5.06 Å². The molecular weight excluding hydrogens is 331 g/mol. The van der Waals surface area contributed by atoms with E-state index in [1.54, 1.807) is 12.1 Å². The van der Waals surface area contributed by atoms with Crippen molar-refractivity contribution in [3.05, 3.63) is 17.0 Å². The fourth-order valence-corrected chi connectivity index (χ4v) is 3.35. The summed E-state index contributed by atoms with van der Waals surface area (Å²) in [6.07, 6.45) is 16.0. The van der Waals surface area contributed by atoms with Gasteiger partial charge in [-0.1, -0.05) is 88.9 Å². The van der Waals surface area contributed by atoms with Gasteiger partial charge in [-0.15, -0.1) is 0 Å². The van der Waals surface area contributed by atoms with Crippen LogP contribution in [0.15, 0.2) is 12.1 Å². The summed E-state index contributed by atoms with van der Waals surface area (Å²) in [5.41, 5.74) is 0. The Morgan fingerprint density at radius 3 is 1.92 bits per heavy atom. The maximum absolute atomic E-state index is 10.8. The fourth-order valence-electron chi connectivity index (χ4n) is 2.63. The van der Waals surface area contributed by atoms with Crippen molar-refractivity contribution >= 4 is 17.3 Å². The van der Waals surface area contributed by atoms with Crippen LogP contribution in [0.3, 0.4) is 0 Å². The molecule has 0 atom stereocenters. The summed E-state index contributed by atoms with van der Waals surface area (Å²) >= 11 is 1.20. The Balaban J connectivity index is 0. The first-order chi connectivity index (χ1) is 11.2. The number of hydrogen-bond donors (Lipinski definition) is 1. The first kappa shape index (κ1) is 24.0. The maximum atomic E-state index is 10.8. The summed E-state index contributed by atoms with van der Waals surface area (Å²) < 4.78 is 5.58. The topological polar surface area (TPSA) is 46.5 Å². The van der Waals surface area contributed by atoms with Gasteiger partial charge in [-0.05, 0) is 18.6 Å². The predicted molar refractivity (Wildman–Crippen MR) is 99.0 cm³/mol. The number of carboxylic acid groups (broad SMARTS) is 1. The molecule has 3 nitrogen and oxygen atoms in total. The van der Waals surface area contributed by atoms with Crippen molar-refractivity contribution < 1.29 is 45.6 Å². The Kier molecular flexibility index (Phi) is 16.4. The van der Waals surface area contributed by atoms with Crippen molar-refractivity contribution in [1.29, 1.82) is 0 Å². The van der Waals surface area contributed by atoms with Gasteiger partial charge >= 0.3 is 35.5 Å². The number of unbranched alkanes of at least 4 members (excludes halogenated alkanes) is 11. The standard InChI is InChI=1S/C19H32O3S.Na.H/c1-2-3-4-5-6-7-8-9-10-11-12-13-16-22-18-15-14-17(23-18)19(20)21;;/h14-15H,2-13,16H2,1H3,(H,20,21);;/q;+1;-1. The van der Waals surface area contributed by atoms with Crippen molar-refractivity contribution in [3.63, 3.8) is 0 Å². The largest absolute Gasteiger partial charge is 1.00 e. The van der Waals surface area contributed by atoms with E-state index >= 15 is 0 Å². The van der Waals surface area contributed by atoms with E-state index in [0.29, 0.717) is 16.5 Å². The minimum atomic E-state index is -0.879. The van der Waals surface area contributed by atoms with E-state index in [4.69, 9.17) is 9.84 Å². The third-order valence-electron chi connectivity index (χ3n) is 4.03. The Morgan fingerprint density at radius 2 is 1.46 bits per heavy atom. The van der Waals surface area contributed by atoms with E-state index in [-0.39, 0.29) is 31.0 Å². The Bertz CT molecular complexity index is 427. The zero-order valence-corrected chi connectivity index (χ0v) is 18.3. The minimum absolute atomic E-state index is 0. The first-order valence-corrected chi connectivity index (χ1v) is 10.0. The van der Waals surface area contributed by atoms with Crippen LogP contribution in [-0.4, -0.2) is 17.7 Å². The van der Waals surface area contributed by atoms with Crippen molar-refractivity contribution in [2.75, 3.05) is 6.61 Å². The molecule has 0 unspecified atom stereocenters. The molecule has 0 spiro atoms. The van der Waals surface area contributed by atoms with E-state index in [0.717, 1.165) is 6.42 Å². The van der Waals surface area contributed by atoms with Crippen LogP contribution in [-0.2, 0) is 0 Å². The molecule has 134 valence electrons. The number of hydrogen-bond acceptors (Lipinski definition) is 3. The van der Waals surface area contributed by atoms with Crippen LogP contribution in [0.25, 0.3) is 0 Å². The minimum Gasteiger partial charge on any atom is -1.00 e. The molecule has 0 saturated heterocycles. The summed E-state index contributed by atoms with van der Waals surface area (Å²) in [6.45, 7) is 2.95. The van der Waals surface area contributed by atoms with Gasteiger partial charge in [-0.3, -0.25) is 0 Å². The number of carbonyl (C=O) groups is 1. The van der Waals surface area contributed by atoms with Gasteiger partial charge in [0.05, 0.1) is 6.61 Å². The summed E-state index contributed by atoms with van der Waals surface area (Å²) in [5, 5.41) is 9.55. The molecule has 24 heavy (non-hydrogen) atoms. The normalized spacial score (nSPS) is 10.4. The van der Waals surface area contributed by atoms with Crippen LogP contribution in [0.5, 0.6) is 5.06 Å². The van der Waals surface area contributed by atoms with E-state index in [1.165, 1.54) is 82.0 Å². The summed E-state index contributed by atoms with van der Waals surface area (Å²) in [7, 11) is 0. The number of rotatable bonds is 15.